The molecule has 8 heteroatoms. The summed E-state index contributed by atoms with van der Waals surface area (Å²) < 4.78 is 30.3. The molecule has 1 aromatic heterocycles. The summed E-state index contributed by atoms with van der Waals surface area (Å²) in [5.41, 5.74) is 0.876. The number of carbonyl (C=O) groups excluding carboxylic acids is 1. The van der Waals surface area contributed by atoms with E-state index in [4.69, 9.17) is 4.52 Å². The lowest BCUT2D eigenvalue weighted by atomic mass is 10.1. The number of anilines is 1. The van der Waals surface area contributed by atoms with Crippen LogP contribution in [0, 0.1) is 6.92 Å². The fourth-order valence-corrected chi connectivity index (χ4v) is 2.57. The average Bonchev–Trinajstić information content (AvgIpc) is 2.90. The van der Waals surface area contributed by atoms with Gasteiger partial charge in [0.15, 0.2) is 5.82 Å². The molecule has 0 unspecified atom stereocenters. The molecule has 1 heterocycles. The van der Waals surface area contributed by atoms with E-state index in [1.54, 1.807) is 25.1 Å². The van der Waals surface area contributed by atoms with Crippen molar-refractivity contribution in [1.82, 2.24) is 9.88 Å². The van der Waals surface area contributed by atoms with Gasteiger partial charge in [-0.25, -0.2) is 13.1 Å². The first-order chi connectivity index (χ1) is 10.4. The third-order valence-corrected chi connectivity index (χ3v) is 4.47. The number of carbonyl (C=O) groups is 1. The molecule has 0 spiro atoms. The Bertz CT molecular complexity index is 751. The van der Waals surface area contributed by atoms with E-state index >= 15 is 0 Å². The van der Waals surface area contributed by atoms with Crippen molar-refractivity contribution in [2.75, 3.05) is 12.4 Å². The first kappa shape index (κ1) is 16.2. The van der Waals surface area contributed by atoms with E-state index in [0.29, 0.717) is 18.0 Å². The number of benzene rings is 1. The van der Waals surface area contributed by atoms with Crippen molar-refractivity contribution in [3.05, 3.63) is 41.7 Å². The molecule has 2 rings (SSSR count). The lowest BCUT2D eigenvalue weighted by Crippen LogP contribution is -2.18. The van der Waals surface area contributed by atoms with Crippen molar-refractivity contribution >= 4 is 21.7 Å². The molecule has 2 aromatic rings. The third-order valence-electron chi connectivity index (χ3n) is 3.04. The first-order valence-corrected chi connectivity index (χ1v) is 8.14. The van der Waals surface area contributed by atoms with Crippen LogP contribution < -0.4 is 10.0 Å². The molecule has 22 heavy (non-hydrogen) atoms. The van der Waals surface area contributed by atoms with Crippen LogP contribution in [-0.2, 0) is 21.2 Å². The van der Waals surface area contributed by atoms with E-state index in [2.05, 4.69) is 15.2 Å². The molecule has 0 aliphatic carbocycles. The Labute approximate surface area is 128 Å². The number of rotatable bonds is 6. The highest BCUT2D eigenvalue weighted by molar-refractivity contribution is 7.89. The van der Waals surface area contributed by atoms with Gasteiger partial charge in [0.2, 0.25) is 15.9 Å². The second-order valence-electron chi connectivity index (χ2n) is 4.72. The third kappa shape index (κ3) is 4.15. The van der Waals surface area contributed by atoms with Gasteiger partial charge in [-0.05, 0) is 38.1 Å². The van der Waals surface area contributed by atoms with Gasteiger partial charge in [0.05, 0.1) is 4.90 Å². The second kappa shape index (κ2) is 6.71. The molecule has 0 saturated carbocycles. The molecular formula is C14H17N3O4S. The summed E-state index contributed by atoms with van der Waals surface area (Å²) >= 11 is 0. The minimum Gasteiger partial charge on any atom is -0.360 e. The molecule has 0 bridgehead atoms. The second-order valence-corrected chi connectivity index (χ2v) is 6.61. The van der Waals surface area contributed by atoms with Crippen LogP contribution in [0.3, 0.4) is 0 Å². The van der Waals surface area contributed by atoms with Crippen molar-refractivity contribution in [3.63, 3.8) is 0 Å². The minimum absolute atomic E-state index is 0.180. The normalized spacial score (nSPS) is 11.4. The van der Waals surface area contributed by atoms with Gasteiger partial charge >= 0.3 is 0 Å². The fourth-order valence-electron chi connectivity index (χ4n) is 1.84. The summed E-state index contributed by atoms with van der Waals surface area (Å²) in [6.45, 7) is 1.74. The predicted molar refractivity (Wildman–Crippen MR) is 80.9 cm³/mol. The number of amides is 1. The topological polar surface area (TPSA) is 101 Å². The average molecular weight is 323 g/mol. The molecular weight excluding hydrogens is 306 g/mol. The number of hydrogen-bond donors (Lipinski definition) is 2. The van der Waals surface area contributed by atoms with Gasteiger partial charge in [0.25, 0.3) is 0 Å². The van der Waals surface area contributed by atoms with Gasteiger partial charge < -0.3 is 9.84 Å². The van der Waals surface area contributed by atoms with Crippen LogP contribution in [0.1, 0.15) is 17.7 Å². The zero-order valence-corrected chi connectivity index (χ0v) is 13.1. The molecule has 2 N–H and O–H groups in total. The number of aryl methyl sites for hydroxylation is 2. The summed E-state index contributed by atoms with van der Waals surface area (Å²) in [4.78, 5) is 12.0. The van der Waals surface area contributed by atoms with Crippen molar-refractivity contribution in [2.24, 2.45) is 0 Å². The Balaban J connectivity index is 1.90. The molecule has 0 fully saturated rings. The van der Waals surface area contributed by atoms with Crippen molar-refractivity contribution in [1.29, 1.82) is 0 Å². The molecule has 0 atom stereocenters. The Hall–Kier alpha value is -2.19. The summed E-state index contributed by atoms with van der Waals surface area (Å²) in [5.74, 6) is 0.829. The summed E-state index contributed by atoms with van der Waals surface area (Å²) in [7, 11) is -2.07. The highest BCUT2D eigenvalue weighted by Gasteiger charge is 2.11. The van der Waals surface area contributed by atoms with E-state index in [9.17, 15) is 13.2 Å². The summed E-state index contributed by atoms with van der Waals surface area (Å²) in [5, 5.41) is 6.31. The smallest absolute Gasteiger partial charge is 0.240 e. The SMILES string of the molecule is CNS(=O)(=O)c1ccc(CCC(=O)Nc2cc(C)on2)cc1. The van der Waals surface area contributed by atoms with E-state index in [0.717, 1.165) is 5.56 Å². The summed E-state index contributed by atoms with van der Waals surface area (Å²) in [6, 6.07) is 8.05. The lowest BCUT2D eigenvalue weighted by molar-refractivity contribution is -0.116. The van der Waals surface area contributed by atoms with Crippen LogP contribution in [0.25, 0.3) is 0 Å². The van der Waals surface area contributed by atoms with Gasteiger partial charge in [0.1, 0.15) is 5.76 Å². The zero-order valence-electron chi connectivity index (χ0n) is 12.3. The highest BCUT2D eigenvalue weighted by atomic mass is 32.2. The molecule has 0 aliphatic heterocycles. The zero-order chi connectivity index (χ0) is 16.2. The van der Waals surface area contributed by atoms with Gasteiger partial charge in [0, 0.05) is 12.5 Å². The van der Waals surface area contributed by atoms with Crippen molar-refractivity contribution in [2.45, 2.75) is 24.7 Å². The van der Waals surface area contributed by atoms with E-state index < -0.39 is 10.0 Å². The molecule has 118 valence electrons. The molecule has 1 amide bonds. The van der Waals surface area contributed by atoms with E-state index in [-0.39, 0.29) is 17.2 Å². The van der Waals surface area contributed by atoms with E-state index in [1.165, 1.54) is 19.2 Å². The quantitative estimate of drug-likeness (QED) is 0.838. The lowest BCUT2D eigenvalue weighted by Gasteiger charge is -2.05. The molecule has 7 nitrogen and oxygen atoms in total. The van der Waals surface area contributed by atoms with Crippen molar-refractivity contribution in [3.8, 4) is 0 Å². The highest BCUT2D eigenvalue weighted by Crippen LogP contribution is 2.12. The first-order valence-electron chi connectivity index (χ1n) is 6.66. The van der Waals surface area contributed by atoms with Crippen LogP contribution in [-0.4, -0.2) is 26.5 Å². The van der Waals surface area contributed by atoms with Crippen molar-refractivity contribution < 1.29 is 17.7 Å². The van der Waals surface area contributed by atoms with Crippen LogP contribution in [0.2, 0.25) is 0 Å². The minimum atomic E-state index is -3.43. The maximum Gasteiger partial charge on any atom is 0.240 e. The largest absolute Gasteiger partial charge is 0.360 e. The monoisotopic (exact) mass is 323 g/mol. The number of nitrogens with zero attached hydrogens (tertiary/aromatic N) is 1. The van der Waals surface area contributed by atoms with Gasteiger partial charge in [-0.3, -0.25) is 4.79 Å². The molecule has 1 aromatic carbocycles. The number of aromatic nitrogens is 1. The fraction of sp³-hybridized carbons (Fsp3) is 0.286. The van der Waals surface area contributed by atoms with Crippen LogP contribution in [0.4, 0.5) is 5.82 Å². The van der Waals surface area contributed by atoms with Crippen LogP contribution in [0.15, 0.2) is 39.8 Å². The summed E-state index contributed by atoms with van der Waals surface area (Å²) in [6.07, 6.45) is 0.770. The molecule has 0 saturated heterocycles. The standard InChI is InChI=1S/C14H17N3O4S/c1-10-9-13(17-21-10)16-14(18)8-5-11-3-6-12(7-4-11)22(19,20)15-2/h3-4,6-7,9,15H,5,8H2,1-2H3,(H,16,17,18). The maximum atomic E-state index is 11.8. The number of hydrogen-bond acceptors (Lipinski definition) is 5. The number of sulfonamides is 1. The Kier molecular flexibility index (Phi) is 4.94. The van der Waals surface area contributed by atoms with Crippen LogP contribution >= 0.6 is 0 Å². The van der Waals surface area contributed by atoms with Gasteiger partial charge in [-0.2, -0.15) is 0 Å². The van der Waals surface area contributed by atoms with Crippen LogP contribution in [0.5, 0.6) is 0 Å². The molecule has 0 aliphatic rings. The predicted octanol–water partition coefficient (Wildman–Crippen LogP) is 1.46. The Morgan fingerprint density at radius 1 is 1.27 bits per heavy atom. The Morgan fingerprint density at radius 2 is 1.95 bits per heavy atom. The van der Waals surface area contributed by atoms with Gasteiger partial charge in [-0.15, -0.1) is 0 Å². The number of nitrogens with one attached hydrogen (secondary N) is 2. The van der Waals surface area contributed by atoms with E-state index in [1.807, 2.05) is 0 Å². The Morgan fingerprint density at radius 3 is 2.50 bits per heavy atom. The maximum absolute atomic E-state index is 11.8. The van der Waals surface area contributed by atoms with Gasteiger partial charge in [-0.1, -0.05) is 17.3 Å². The molecule has 0 radical (unpaired) electrons.